The molecule has 1 unspecified atom stereocenters. The molecule has 0 spiro atoms. The van der Waals surface area contributed by atoms with E-state index < -0.39 is 24.0 Å². The molecule has 27 heavy (non-hydrogen) atoms. The van der Waals surface area contributed by atoms with Gasteiger partial charge in [-0.2, -0.15) is 0 Å². The number of carbonyl (C=O) groups is 1. The molecule has 1 atom stereocenters. The average Bonchev–Trinajstić information content (AvgIpc) is 3.09. The molecule has 0 aliphatic carbocycles. The van der Waals surface area contributed by atoms with Crippen LogP contribution in [-0.4, -0.2) is 56.7 Å². The normalized spacial score (nSPS) is 25.1. The van der Waals surface area contributed by atoms with Crippen molar-refractivity contribution in [2.75, 3.05) is 6.54 Å². The van der Waals surface area contributed by atoms with Crippen LogP contribution >= 0.6 is 0 Å². The smallest absolute Gasteiger partial charge is 0.398 e. The van der Waals surface area contributed by atoms with Crippen LogP contribution in [0.15, 0.2) is 11.9 Å². The first kappa shape index (κ1) is 20.0. The molecule has 0 aromatic carbocycles. The van der Waals surface area contributed by atoms with Crippen molar-refractivity contribution in [3.8, 4) is 0 Å². The second kappa shape index (κ2) is 7.35. The number of rotatable bonds is 4. The summed E-state index contributed by atoms with van der Waals surface area (Å²) in [6.45, 7) is 10.4. The molecule has 148 valence electrons. The zero-order chi connectivity index (χ0) is 19.8. The standard InChI is InChI=1S/C18H28BFN4O3/c1-13(25)24-9-7-6-8-15(24)12-23-11-14(21-22-23)10-16(20)19-26-17(2,3)18(4,5)27-19/h10-11,15H,6-9,12H2,1-5H3. The van der Waals surface area contributed by atoms with Crippen LogP contribution in [0.25, 0.3) is 6.08 Å². The Labute approximate surface area is 160 Å². The second-order valence-corrected chi connectivity index (χ2v) is 8.34. The lowest BCUT2D eigenvalue weighted by Gasteiger charge is -2.34. The summed E-state index contributed by atoms with van der Waals surface area (Å²) in [6, 6.07) is 0.0997. The Morgan fingerprint density at radius 2 is 2.00 bits per heavy atom. The largest absolute Gasteiger partial charge is 0.525 e. The summed E-state index contributed by atoms with van der Waals surface area (Å²) in [5.74, 6) is 0.0757. The van der Waals surface area contributed by atoms with Crippen LogP contribution in [0.2, 0.25) is 0 Å². The molecule has 0 saturated carbocycles. The van der Waals surface area contributed by atoms with Gasteiger partial charge >= 0.3 is 7.12 Å². The molecule has 1 aromatic heterocycles. The Morgan fingerprint density at radius 1 is 1.33 bits per heavy atom. The summed E-state index contributed by atoms with van der Waals surface area (Å²) in [5.41, 5.74) is -1.34. The number of hydrogen-bond acceptors (Lipinski definition) is 5. The lowest BCUT2D eigenvalue weighted by Crippen LogP contribution is -2.44. The fraction of sp³-hybridized carbons (Fsp3) is 0.722. The van der Waals surface area contributed by atoms with Gasteiger partial charge in [0.25, 0.3) is 0 Å². The Morgan fingerprint density at radius 3 is 2.63 bits per heavy atom. The molecule has 2 aliphatic rings. The maximum Gasteiger partial charge on any atom is 0.525 e. The number of carbonyl (C=O) groups excluding carboxylic acids is 1. The van der Waals surface area contributed by atoms with E-state index in [-0.39, 0.29) is 11.9 Å². The molecule has 0 radical (unpaired) electrons. The van der Waals surface area contributed by atoms with Crippen molar-refractivity contribution in [1.29, 1.82) is 0 Å². The van der Waals surface area contributed by atoms with Crippen molar-refractivity contribution in [2.24, 2.45) is 0 Å². The van der Waals surface area contributed by atoms with Gasteiger partial charge in [-0.1, -0.05) is 5.21 Å². The van der Waals surface area contributed by atoms with Crippen molar-refractivity contribution in [1.82, 2.24) is 19.9 Å². The molecule has 1 aromatic rings. The highest BCUT2D eigenvalue weighted by Crippen LogP contribution is 2.39. The summed E-state index contributed by atoms with van der Waals surface area (Å²) in [4.78, 5) is 13.7. The molecule has 2 saturated heterocycles. The number of halogens is 1. The van der Waals surface area contributed by atoms with Crippen molar-refractivity contribution < 1.29 is 18.5 Å². The Balaban J connectivity index is 1.67. The van der Waals surface area contributed by atoms with Crippen LogP contribution in [0.1, 0.15) is 59.6 Å². The number of likely N-dealkylation sites (tertiary alicyclic amines) is 1. The second-order valence-electron chi connectivity index (χ2n) is 8.34. The van der Waals surface area contributed by atoms with Gasteiger partial charge in [-0.05, 0) is 53.0 Å². The summed E-state index contributed by atoms with van der Waals surface area (Å²) in [7, 11) is -1.05. The summed E-state index contributed by atoms with van der Waals surface area (Å²) < 4.78 is 27.7. The van der Waals surface area contributed by atoms with Gasteiger partial charge in [0.05, 0.1) is 30.0 Å². The molecule has 0 bridgehead atoms. The Hall–Kier alpha value is -1.74. The van der Waals surface area contributed by atoms with E-state index in [9.17, 15) is 9.18 Å². The van der Waals surface area contributed by atoms with Crippen molar-refractivity contribution in [2.45, 2.75) is 77.7 Å². The van der Waals surface area contributed by atoms with E-state index in [1.54, 1.807) is 17.8 Å². The Kier molecular flexibility index (Phi) is 5.45. The van der Waals surface area contributed by atoms with Crippen LogP contribution < -0.4 is 0 Å². The molecule has 0 N–H and O–H groups in total. The molecular weight excluding hydrogens is 350 g/mol. The van der Waals surface area contributed by atoms with Crippen LogP contribution in [0.3, 0.4) is 0 Å². The highest BCUT2D eigenvalue weighted by Gasteiger charge is 2.53. The van der Waals surface area contributed by atoms with E-state index in [1.807, 2.05) is 32.6 Å². The molecule has 2 aliphatic heterocycles. The van der Waals surface area contributed by atoms with E-state index in [4.69, 9.17) is 9.31 Å². The van der Waals surface area contributed by atoms with E-state index in [0.29, 0.717) is 12.2 Å². The van der Waals surface area contributed by atoms with Gasteiger partial charge in [-0.15, -0.1) is 5.10 Å². The van der Waals surface area contributed by atoms with Crippen molar-refractivity contribution >= 4 is 19.1 Å². The van der Waals surface area contributed by atoms with Gasteiger partial charge in [0, 0.05) is 13.5 Å². The van der Waals surface area contributed by atoms with Gasteiger partial charge in [-0.25, -0.2) is 9.07 Å². The zero-order valence-electron chi connectivity index (χ0n) is 16.7. The monoisotopic (exact) mass is 378 g/mol. The molecule has 1 amide bonds. The van der Waals surface area contributed by atoms with E-state index >= 15 is 0 Å². The third-order valence-electron chi connectivity index (χ3n) is 5.75. The first-order valence-corrected chi connectivity index (χ1v) is 9.49. The fourth-order valence-electron chi connectivity index (χ4n) is 3.45. The average molecular weight is 378 g/mol. The quantitative estimate of drug-likeness (QED) is 0.754. The molecule has 2 fully saturated rings. The van der Waals surface area contributed by atoms with Crippen LogP contribution in [0.4, 0.5) is 4.39 Å². The molecule has 3 rings (SSSR count). The number of hydrogen-bond donors (Lipinski definition) is 0. The van der Waals surface area contributed by atoms with Gasteiger partial charge in [0.15, 0.2) is 0 Å². The van der Waals surface area contributed by atoms with E-state index in [1.165, 1.54) is 6.08 Å². The maximum atomic E-state index is 14.6. The minimum atomic E-state index is -1.05. The first-order chi connectivity index (χ1) is 12.6. The third kappa shape index (κ3) is 4.24. The van der Waals surface area contributed by atoms with Gasteiger partial charge in [0.2, 0.25) is 5.91 Å². The number of aromatic nitrogens is 3. The number of piperidine rings is 1. The highest BCUT2D eigenvalue weighted by molar-refractivity contribution is 6.54. The van der Waals surface area contributed by atoms with Gasteiger partial charge in [0.1, 0.15) is 11.4 Å². The fourth-order valence-corrected chi connectivity index (χ4v) is 3.45. The summed E-state index contributed by atoms with van der Waals surface area (Å²) in [5, 5.41) is 8.09. The van der Waals surface area contributed by atoms with E-state index in [2.05, 4.69) is 10.3 Å². The van der Waals surface area contributed by atoms with Crippen LogP contribution in [-0.2, 0) is 20.6 Å². The lowest BCUT2D eigenvalue weighted by atomic mass is 9.87. The molecule has 9 heteroatoms. The van der Waals surface area contributed by atoms with Crippen LogP contribution in [0.5, 0.6) is 0 Å². The molecular formula is C18H28BFN4O3. The summed E-state index contributed by atoms with van der Waals surface area (Å²) in [6.07, 6.45) is 6.02. The topological polar surface area (TPSA) is 69.5 Å². The Bertz CT molecular complexity index is 718. The zero-order valence-corrected chi connectivity index (χ0v) is 16.7. The van der Waals surface area contributed by atoms with Crippen molar-refractivity contribution in [3.05, 3.63) is 17.6 Å². The minimum Gasteiger partial charge on any atom is -0.398 e. The van der Waals surface area contributed by atoms with Crippen LogP contribution in [0, 0.1) is 0 Å². The highest BCUT2D eigenvalue weighted by atomic mass is 19.1. The third-order valence-corrected chi connectivity index (χ3v) is 5.75. The molecule has 3 heterocycles. The number of nitrogens with zero attached hydrogens (tertiary/aromatic N) is 4. The lowest BCUT2D eigenvalue weighted by molar-refractivity contribution is -0.132. The molecule has 7 nitrogen and oxygen atoms in total. The van der Waals surface area contributed by atoms with Gasteiger partial charge < -0.3 is 14.2 Å². The minimum absolute atomic E-state index is 0.0757. The first-order valence-electron chi connectivity index (χ1n) is 9.49. The SMILES string of the molecule is CC(=O)N1CCCCC1Cn1cc(C=C(F)B2OC(C)(C)C(C)(C)O2)nn1. The predicted molar refractivity (Wildman–Crippen MR) is 100 cm³/mol. The maximum absolute atomic E-state index is 14.6. The van der Waals surface area contributed by atoms with Gasteiger partial charge in [-0.3, -0.25) is 4.79 Å². The van der Waals surface area contributed by atoms with Crippen molar-refractivity contribution in [3.63, 3.8) is 0 Å². The predicted octanol–water partition coefficient (Wildman–Crippen LogP) is 2.62. The summed E-state index contributed by atoms with van der Waals surface area (Å²) >= 11 is 0. The van der Waals surface area contributed by atoms with E-state index in [0.717, 1.165) is 25.8 Å². The number of amides is 1.